The predicted octanol–water partition coefficient (Wildman–Crippen LogP) is 3.48. The minimum Gasteiger partial charge on any atom is -0.373 e. The van der Waals surface area contributed by atoms with Crippen molar-refractivity contribution in [3.05, 3.63) is 21.3 Å². The molecule has 1 aromatic heterocycles. The third-order valence-corrected chi connectivity index (χ3v) is 5.87. The maximum atomic E-state index is 6.25. The Morgan fingerprint density at radius 2 is 2.10 bits per heavy atom. The third-order valence-electron chi connectivity index (χ3n) is 4.50. The second kappa shape index (κ2) is 6.97. The van der Waals surface area contributed by atoms with E-state index in [1.54, 1.807) is 11.3 Å². The lowest BCUT2D eigenvalue weighted by atomic mass is 10.1. The van der Waals surface area contributed by atoms with Gasteiger partial charge in [-0.15, -0.1) is 11.3 Å². The molecule has 0 bridgehead atoms. The van der Waals surface area contributed by atoms with Crippen LogP contribution in [0.4, 0.5) is 0 Å². The van der Waals surface area contributed by atoms with Crippen molar-refractivity contribution in [3.63, 3.8) is 0 Å². The Bertz CT molecular complexity index is 457. The Morgan fingerprint density at radius 1 is 1.33 bits per heavy atom. The summed E-state index contributed by atoms with van der Waals surface area (Å²) in [5.41, 5.74) is 0. The molecule has 21 heavy (non-hydrogen) atoms. The molecule has 0 radical (unpaired) electrons. The zero-order valence-electron chi connectivity index (χ0n) is 12.9. The zero-order valence-corrected chi connectivity index (χ0v) is 14.5. The summed E-state index contributed by atoms with van der Waals surface area (Å²) in [5, 5.41) is 3.02. The topological polar surface area (TPSA) is 15.7 Å². The van der Waals surface area contributed by atoms with E-state index in [0.29, 0.717) is 18.2 Å². The number of likely N-dealkylation sites (tertiary alicyclic amines) is 1. The van der Waals surface area contributed by atoms with Gasteiger partial charge in [-0.25, -0.2) is 0 Å². The highest BCUT2D eigenvalue weighted by Crippen LogP contribution is 2.28. The first-order chi connectivity index (χ1) is 10.1. The Kier molecular flexibility index (Phi) is 5.23. The lowest BCUT2D eigenvalue weighted by Gasteiger charge is -2.38. The molecular weight excluding hydrogens is 304 g/mol. The number of thiophene rings is 1. The largest absolute Gasteiger partial charge is 0.373 e. The fraction of sp³-hybridized carbons (Fsp3) is 0.750. The van der Waals surface area contributed by atoms with Crippen molar-refractivity contribution in [2.75, 3.05) is 26.2 Å². The minimum atomic E-state index is 0.357. The maximum absolute atomic E-state index is 6.25. The summed E-state index contributed by atoms with van der Waals surface area (Å²) in [6.07, 6.45) is 3.33. The van der Waals surface area contributed by atoms with E-state index < -0.39 is 0 Å². The maximum Gasteiger partial charge on any atom is 0.0678 e. The van der Waals surface area contributed by atoms with Crippen LogP contribution < -0.4 is 0 Å². The predicted molar refractivity (Wildman–Crippen MR) is 89.2 cm³/mol. The second-order valence-electron chi connectivity index (χ2n) is 6.43. The summed E-state index contributed by atoms with van der Waals surface area (Å²) in [6.45, 7) is 9.87. The number of hydrogen-bond acceptors (Lipinski definition) is 4. The van der Waals surface area contributed by atoms with Crippen LogP contribution in [-0.4, -0.2) is 54.2 Å². The van der Waals surface area contributed by atoms with Gasteiger partial charge in [0.1, 0.15) is 0 Å². The van der Waals surface area contributed by atoms with Gasteiger partial charge < -0.3 is 4.74 Å². The van der Waals surface area contributed by atoms with Gasteiger partial charge >= 0.3 is 0 Å². The molecule has 2 aliphatic heterocycles. The normalized spacial score (nSPS) is 31.9. The SMILES string of the molecule is C[C@@H]1CN(C[C@@H]2CCCN2Cc2sccc2Cl)C[C@H](C)O1. The van der Waals surface area contributed by atoms with Crippen LogP contribution in [-0.2, 0) is 11.3 Å². The van der Waals surface area contributed by atoms with E-state index in [9.17, 15) is 0 Å². The van der Waals surface area contributed by atoms with E-state index in [1.807, 2.05) is 6.07 Å². The number of halogens is 1. The van der Waals surface area contributed by atoms with Crippen LogP contribution in [0.1, 0.15) is 31.6 Å². The van der Waals surface area contributed by atoms with Crippen molar-refractivity contribution in [1.29, 1.82) is 0 Å². The van der Waals surface area contributed by atoms with E-state index in [-0.39, 0.29) is 0 Å². The lowest BCUT2D eigenvalue weighted by Crippen LogP contribution is -2.49. The molecule has 0 aliphatic carbocycles. The van der Waals surface area contributed by atoms with Gasteiger partial charge in [-0.1, -0.05) is 11.6 Å². The second-order valence-corrected chi connectivity index (χ2v) is 7.84. The Morgan fingerprint density at radius 3 is 2.76 bits per heavy atom. The highest BCUT2D eigenvalue weighted by atomic mass is 35.5. The van der Waals surface area contributed by atoms with Gasteiger partial charge in [-0.05, 0) is 44.7 Å². The Balaban J connectivity index is 1.58. The van der Waals surface area contributed by atoms with Gasteiger partial charge in [0.15, 0.2) is 0 Å². The summed E-state index contributed by atoms with van der Waals surface area (Å²) in [6, 6.07) is 2.68. The third kappa shape index (κ3) is 3.99. The van der Waals surface area contributed by atoms with Crippen LogP contribution in [0.15, 0.2) is 11.4 Å². The summed E-state index contributed by atoms with van der Waals surface area (Å²) in [5.74, 6) is 0. The van der Waals surface area contributed by atoms with Crippen LogP contribution in [0.5, 0.6) is 0 Å². The average Bonchev–Trinajstić information content (AvgIpc) is 3.00. The summed E-state index contributed by atoms with van der Waals surface area (Å²) in [7, 11) is 0. The molecule has 3 nitrogen and oxygen atoms in total. The van der Waals surface area contributed by atoms with E-state index >= 15 is 0 Å². The molecule has 2 fully saturated rings. The molecule has 3 atom stereocenters. The van der Waals surface area contributed by atoms with E-state index in [0.717, 1.165) is 24.7 Å². The van der Waals surface area contributed by atoms with Gasteiger partial charge in [0.05, 0.1) is 17.2 Å². The molecule has 3 heterocycles. The Labute approximate surface area is 136 Å². The van der Waals surface area contributed by atoms with Gasteiger partial charge in [-0.3, -0.25) is 9.80 Å². The number of rotatable bonds is 4. The summed E-state index contributed by atoms with van der Waals surface area (Å²) in [4.78, 5) is 6.51. The summed E-state index contributed by atoms with van der Waals surface area (Å²) >= 11 is 8.03. The molecule has 0 spiro atoms. The van der Waals surface area contributed by atoms with Crippen LogP contribution in [0.3, 0.4) is 0 Å². The quantitative estimate of drug-likeness (QED) is 0.841. The number of morpholine rings is 1. The fourth-order valence-electron chi connectivity index (χ4n) is 3.66. The van der Waals surface area contributed by atoms with Crippen molar-refractivity contribution in [3.8, 4) is 0 Å². The van der Waals surface area contributed by atoms with Crippen LogP contribution in [0, 0.1) is 0 Å². The lowest BCUT2D eigenvalue weighted by molar-refractivity contribution is -0.0724. The molecule has 1 aromatic rings. The van der Waals surface area contributed by atoms with Gasteiger partial charge in [0.25, 0.3) is 0 Å². The molecule has 0 saturated carbocycles. The highest BCUT2D eigenvalue weighted by molar-refractivity contribution is 7.10. The minimum absolute atomic E-state index is 0.357. The molecule has 2 saturated heterocycles. The standard InChI is InChI=1S/C16H25ClN2OS/c1-12-8-18(9-13(2)20-12)10-14-4-3-6-19(14)11-16-15(17)5-7-21-16/h5,7,12-14H,3-4,6,8-11H2,1-2H3/t12-,13+,14-/m0/s1. The number of nitrogens with zero attached hydrogens (tertiary/aromatic N) is 2. The molecule has 0 aromatic carbocycles. The number of hydrogen-bond donors (Lipinski definition) is 0. The van der Waals surface area contributed by atoms with Gasteiger partial charge in [0.2, 0.25) is 0 Å². The van der Waals surface area contributed by atoms with Crippen molar-refractivity contribution in [2.45, 2.75) is 51.5 Å². The first kappa shape index (κ1) is 15.8. The van der Waals surface area contributed by atoms with Crippen LogP contribution >= 0.6 is 22.9 Å². The first-order valence-electron chi connectivity index (χ1n) is 7.95. The monoisotopic (exact) mass is 328 g/mol. The molecule has 5 heteroatoms. The van der Waals surface area contributed by atoms with Crippen LogP contribution in [0.2, 0.25) is 5.02 Å². The molecule has 0 N–H and O–H groups in total. The van der Waals surface area contributed by atoms with Gasteiger partial charge in [0, 0.05) is 37.1 Å². The molecule has 118 valence electrons. The van der Waals surface area contributed by atoms with Crippen molar-refractivity contribution in [2.24, 2.45) is 0 Å². The van der Waals surface area contributed by atoms with E-state index in [1.165, 1.54) is 30.8 Å². The first-order valence-corrected chi connectivity index (χ1v) is 9.21. The Hall–Kier alpha value is -0.130. The van der Waals surface area contributed by atoms with E-state index in [4.69, 9.17) is 16.3 Å². The number of ether oxygens (including phenoxy) is 1. The van der Waals surface area contributed by atoms with Crippen molar-refractivity contribution < 1.29 is 4.74 Å². The smallest absolute Gasteiger partial charge is 0.0678 e. The molecule has 0 unspecified atom stereocenters. The van der Waals surface area contributed by atoms with Gasteiger partial charge in [-0.2, -0.15) is 0 Å². The molecule has 0 amide bonds. The zero-order chi connectivity index (χ0) is 14.8. The highest BCUT2D eigenvalue weighted by Gasteiger charge is 2.30. The average molecular weight is 329 g/mol. The van der Waals surface area contributed by atoms with Crippen molar-refractivity contribution >= 4 is 22.9 Å². The molecule has 2 aliphatic rings. The van der Waals surface area contributed by atoms with Crippen molar-refractivity contribution in [1.82, 2.24) is 9.80 Å². The molecular formula is C16H25ClN2OS. The van der Waals surface area contributed by atoms with E-state index in [2.05, 4.69) is 29.0 Å². The fourth-order valence-corrected chi connectivity index (χ4v) is 4.78. The van der Waals surface area contributed by atoms with Crippen LogP contribution in [0.25, 0.3) is 0 Å². The summed E-state index contributed by atoms with van der Waals surface area (Å²) < 4.78 is 5.84. The molecule has 3 rings (SSSR count).